The molecular formula is C16H19ClN4O2. The van der Waals surface area contributed by atoms with Crippen LogP contribution in [-0.2, 0) is 11.3 Å². The first-order valence-electron chi connectivity index (χ1n) is 7.69. The summed E-state index contributed by atoms with van der Waals surface area (Å²) in [6, 6.07) is 7.40. The molecule has 6 nitrogen and oxygen atoms in total. The van der Waals surface area contributed by atoms with E-state index in [0.717, 1.165) is 24.9 Å². The topological polar surface area (TPSA) is 71.3 Å². The molecule has 0 spiro atoms. The second-order valence-electron chi connectivity index (χ2n) is 5.68. The second-order valence-corrected chi connectivity index (χ2v) is 6.09. The van der Waals surface area contributed by atoms with Crippen LogP contribution >= 0.6 is 11.6 Å². The van der Waals surface area contributed by atoms with Crippen molar-refractivity contribution >= 4 is 17.5 Å². The molecule has 1 fully saturated rings. The summed E-state index contributed by atoms with van der Waals surface area (Å²) in [7, 11) is 1.68. The zero-order valence-corrected chi connectivity index (χ0v) is 13.7. The molecule has 0 radical (unpaired) electrons. The van der Waals surface area contributed by atoms with Gasteiger partial charge < -0.3 is 9.84 Å². The highest BCUT2D eigenvalue weighted by Gasteiger charge is 2.26. The quantitative estimate of drug-likeness (QED) is 0.929. The molecule has 0 aliphatic carbocycles. The van der Waals surface area contributed by atoms with Gasteiger partial charge in [-0.05, 0) is 31.5 Å². The van der Waals surface area contributed by atoms with E-state index in [-0.39, 0.29) is 11.8 Å². The Morgan fingerprint density at radius 3 is 3.09 bits per heavy atom. The van der Waals surface area contributed by atoms with E-state index in [4.69, 9.17) is 16.1 Å². The Hall–Kier alpha value is -1.92. The monoisotopic (exact) mass is 334 g/mol. The number of benzene rings is 1. The summed E-state index contributed by atoms with van der Waals surface area (Å²) < 4.78 is 5.34. The van der Waals surface area contributed by atoms with Crippen molar-refractivity contribution in [1.29, 1.82) is 0 Å². The van der Waals surface area contributed by atoms with Crippen LogP contribution in [0.2, 0.25) is 5.02 Å². The molecule has 3 rings (SSSR count). The molecule has 1 aromatic heterocycles. The van der Waals surface area contributed by atoms with Gasteiger partial charge in [-0.2, -0.15) is 4.98 Å². The van der Waals surface area contributed by atoms with Crippen molar-refractivity contribution in [3.05, 3.63) is 35.2 Å². The highest BCUT2D eigenvalue weighted by Crippen LogP contribution is 2.25. The van der Waals surface area contributed by atoms with Gasteiger partial charge in [-0.25, -0.2) is 0 Å². The van der Waals surface area contributed by atoms with Crippen molar-refractivity contribution in [1.82, 2.24) is 20.4 Å². The minimum Gasteiger partial charge on any atom is -0.359 e. The van der Waals surface area contributed by atoms with Crippen molar-refractivity contribution in [2.75, 3.05) is 20.1 Å². The van der Waals surface area contributed by atoms with Crippen LogP contribution in [0, 0.1) is 5.92 Å². The first kappa shape index (κ1) is 16.0. The van der Waals surface area contributed by atoms with Crippen LogP contribution in [0.25, 0.3) is 11.4 Å². The van der Waals surface area contributed by atoms with Gasteiger partial charge in [0.05, 0.1) is 17.5 Å². The van der Waals surface area contributed by atoms with Crippen LogP contribution in [-0.4, -0.2) is 41.1 Å². The molecule has 0 bridgehead atoms. The van der Waals surface area contributed by atoms with E-state index in [1.807, 2.05) is 18.2 Å². The van der Waals surface area contributed by atoms with Crippen LogP contribution in [0.3, 0.4) is 0 Å². The summed E-state index contributed by atoms with van der Waals surface area (Å²) in [5, 5.41) is 7.32. The summed E-state index contributed by atoms with van der Waals surface area (Å²) >= 11 is 6.15. The van der Waals surface area contributed by atoms with E-state index in [1.165, 1.54) is 0 Å². The number of nitrogens with zero attached hydrogens (tertiary/aromatic N) is 3. The lowest BCUT2D eigenvalue weighted by atomic mass is 9.97. The maximum atomic E-state index is 11.8. The second kappa shape index (κ2) is 7.10. The number of rotatable bonds is 4. The number of hydrogen-bond acceptors (Lipinski definition) is 5. The molecular weight excluding hydrogens is 316 g/mol. The fraction of sp³-hybridized carbons (Fsp3) is 0.438. The number of nitrogens with one attached hydrogen (secondary N) is 1. The van der Waals surface area contributed by atoms with E-state index < -0.39 is 0 Å². The number of carbonyl (C=O) groups excluding carboxylic acids is 1. The van der Waals surface area contributed by atoms with Gasteiger partial charge in [0.15, 0.2) is 0 Å². The van der Waals surface area contributed by atoms with Crippen molar-refractivity contribution in [2.24, 2.45) is 5.92 Å². The average Bonchev–Trinajstić information content (AvgIpc) is 3.03. The lowest BCUT2D eigenvalue weighted by Gasteiger charge is -2.30. The molecule has 1 N–H and O–H groups in total. The van der Waals surface area contributed by atoms with Crippen molar-refractivity contribution in [3.8, 4) is 11.4 Å². The Bertz CT molecular complexity index is 688. The van der Waals surface area contributed by atoms with Gasteiger partial charge in [-0.1, -0.05) is 28.9 Å². The predicted molar refractivity (Wildman–Crippen MR) is 86.8 cm³/mol. The summed E-state index contributed by atoms with van der Waals surface area (Å²) in [6.45, 7) is 2.19. The Kier molecular flexibility index (Phi) is 4.93. The number of aromatic nitrogens is 2. The van der Waals surface area contributed by atoms with Crippen LogP contribution in [0.1, 0.15) is 18.7 Å². The summed E-state index contributed by atoms with van der Waals surface area (Å²) in [6.07, 6.45) is 1.91. The Morgan fingerprint density at radius 1 is 1.48 bits per heavy atom. The standard InChI is InChI=1S/C16H19ClN4O2/c1-18-16(22)11-5-4-8-21(9-11)10-14-19-15(20-23-14)12-6-2-3-7-13(12)17/h2-3,6-7,11H,4-5,8-10H2,1H3,(H,18,22). The van der Waals surface area contributed by atoms with Crippen molar-refractivity contribution < 1.29 is 9.32 Å². The van der Waals surface area contributed by atoms with E-state index in [1.54, 1.807) is 13.1 Å². The maximum Gasteiger partial charge on any atom is 0.241 e. The van der Waals surface area contributed by atoms with Gasteiger partial charge in [0.2, 0.25) is 17.6 Å². The smallest absolute Gasteiger partial charge is 0.241 e. The minimum absolute atomic E-state index is 0.0275. The van der Waals surface area contributed by atoms with Crippen LogP contribution in [0.15, 0.2) is 28.8 Å². The van der Waals surface area contributed by atoms with E-state index in [0.29, 0.717) is 29.8 Å². The van der Waals surface area contributed by atoms with Crippen LogP contribution in [0.5, 0.6) is 0 Å². The molecule has 1 aromatic carbocycles. The van der Waals surface area contributed by atoms with Gasteiger partial charge in [0.25, 0.3) is 0 Å². The predicted octanol–water partition coefficient (Wildman–Crippen LogP) is 2.35. The molecule has 0 saturated carbocycles. The normalized spacial score (nSPS) is 18.8. The van der Waals surface area contributed by atoms with E-state index in [9.17, 15) is 4.79 Å². The van der Waals surface area contributed by atoms with Gasteiger partial charge in [-0.3, -0.25) is 9.69 Å². The zero-order chi connectivity index (χ0) is 16.2. The summed E-state index contributed by atoms with van der Waals surface area (Å²) in [4.78, 5) is 18.4. The van der Waals surface area contributed by atoms with Crippen LogP contribution in [0.4, 0.5) is 0 Å². The van der Waals surface area contributed by atoms with Crippen molar-refractivity contribution in [3.63, 3.8) is 0 Å². The molecule has 23 heavy (non-hydrogen) atoms. The third-order valence-corrected chi connectivity index (χ3v) is 4.39. The first-order valence-corrected chi connectivity index (χ1v) is 8.06. The molecule has 7 heteroatoms. The Balaban J connectivity index is 1.67. The van der Waals surface area contributed by atoms with Crippen LogP contribution < -0.4 is 5.32 Å². The number of likely N-dealkylation sites (tertiary alicyclic amines) is 1. The van der Waals surface area contributed by atoms with Gasteiger partial charge in [-0.15, -0.1) is 0 Å². The lowest BCUT2D eigenvalue weighted by Crippen LogP contribution is -2.41. The SMILES string of the molecule is CNC(=O)C1CCCN(Cc2nc(-c3ccccc3Cl)no2)C1. The molecule has 1 aliphatic rings. The number of piperidine rings is 1. The molecule has 2 heterocycles. The fourth-order valence-electron chi connectivity index (χ4n) is 2.88. The number of halogens is 1. The largest absolute Gasteiger partial charge is 0.359 e. The molecule has 1 amide bonds. The molecule has 1 saturated heterocycles. The molecule has 1 aliphatic heterocycles. The Labute approximate surface area is 139 Å². The Morgan fingerprint density at radius 2 is 2.30 bits per heavy atom. The maximum absolute atomic E-state index is 11.8. The lowest BCUT2D eigenvalue weighted by molar-refractivity contribution is -0.126. The number of hydrogen-bond donors (Lipinski definition) is 1. The van der Waals surface area contributed by atoms with Gasteiger partial charge >= 0.3 is 0 Å². The first-order chi connectivity index (χ1) is 11.2. The van der Waals surface area contributed by atoms with Gasteiger partial charge in [0.1, 0.15) is 0 Å². The third kappa shape index (κ3) is 3.71. The summed E-state index contributed by atoms with van der Waals surface area (Å²) in [5.41, 5.74) is 0.756. The molecule has 1 atom stereocenters. The van der Waals surface area contributed by atoms with E-state index in [2.05, 4.69) is 20.4 Å². The number of carbonyl (C=O) groups is 1. The van der Waals surface area contributed by atoms with Gasteiger partial charge in [0, 0.05) is 19.2 Å². The fourth-order valence-corrected chi connectivity index (χ4v) is 3.10. The summed E-state index contributed by atoms with van der Waals surface area (Å²) in [5.74, 6) is 1.15. The average molecular weight is 335 g/mol. The molecule has 1 unspecified atom stereocenters. The number of amides is 1. The zero-order valence-electron chi connectivity index (χ0n) is 13.0. The van der Waals surface area contributed by atoms with Crippen molar-refractivity contribution in [2.45, 2.75) is 19.4 Å². The third-order valence-electron chi connectivity index (χ3n) is 4.06. The molecule has 122 valence electrons. The van der Waals surface area contributed by atoms with E-state index >= 15 is 0 Å². The molecule has 2 aromatic rings. The minimum atomic E-state index is 0.0275. The highest BCUT2D eigenvalue weighted by atomic mass is 35.5. The highest BCUT2D eigenvalue weighted by molar-refractivity contribution is 6.33.